The summed E-state index contributed by atoms with van der Waals surface area (Å²) in [5, 5.41) is 15.2. The molecule has 0 spiro atoms. The number of benzene rings is 4. The van der Waals surface area contributed by atoms with Gasteiger partial charge in [0.1, 0.15) is 12.3 Å². The molecule has 0 aromatic heterocycles. The Bertz CT molecular complexity index is 1840. The van der Waals surface area contributed by atoms with Crippen LogP contribution in [0.4, 0.5) is 29.3 Å². The lowest BCUT2D eigenvalue weighted by atomic mass is 10.1. The van der Waals surface area contributed by atoms with E-state index < -0.39 is 51.7 Å². The first-order valence-corrected chi connectivity index (χ1v) is 13.9. The fraction of sp³-hybridized carbons (Fsp3) is 0.0690. The number of nitro groups is 1. The number of rotatable bonds is 7. The number of nitro benzene ring substituents is 1. The molecule has 1 aliphatic heterocycles. The zero-order chi connectivity index (χ0) is 30.9. The van der Waals surface area contributed by atoms with Crippen LogP contribution < -0.4 is 10.1 Å². The number of hydrogen-bond donors (Lipinski definition) is 1. The first-order valence-electron chi connectivity index (χ1n) is 12.3. The number of alkyl halides is 3. The van der Waals surface area contributed by atoms with Crippen molar-refractivity contribution in [1.82, 2.24) is 4.90 Å². The molecule has 5 rings (SSSR count). The van der Waals surface area contributed by atoms with Gasteiger partial charge in [0, 0.05) is 17.1 Å². The van der Waals surface area contributed by atoms with Gasteiger partial charge in [-0.2, -0.15) is 13.2 Å². The van der Waals surface area contributed by atoms with Crippen molar-refractivity contribution >= 4 is 73.0 Å². The van der Waals surface area contributed by atoms with Crippen LogP contribution in [0.15, 0.2) is 88.2 Å². The number of anilines is 1. The molecule has 14 heteroatoms. The Morgan fingerprint density at radius 3 is 2.47 bits per heavy atom. The van der Waals surface area contributed by atoms with E-state index in [9.17, 15) is 37.7 Å². The van der Waals surface area contributed by atoms with E-state index in [-0.39, 0.29) is 15.1 Å². The lowest BCUT2D eigenvalue weighted by Crippen LogP contribution is -2.36. The summed E-state index contributed by atoms with van der Waals surface area (Å²) < 4.78 is 44.8. The van der Waals surface area contributed by atoms with Crippen molar-refractivity contribution in [3.8, 4) is 11.5 Å². The maximum atomic E-state index is 13.0. The molecule has 3 amide bonds. The smallest absolute Gasteiger partial charge is 0.416 e. The molecule has 218 valence electrons. The molecule has 4 aromatic carbocycles. The van der Waals surface area contributed by atoms with Gasteiger partial charge in [-0.25, -0.2) is 0 Å². The maximum Gasteiger partial charge on any atom is 0.416 e. The maximum absolute atomic E-state index is 13.0. The van der Waals surface area contributed by atoms with Crippen LogP contribution >= 0.6 is 27.7 Å². The predicted molar refractivity (Wildman–Crippen MR) is 158 cm³/mol. The summed E-state index contributed by atoms with van der Waals surface area (Å²) >= 11 is 3.91. The number of carbonyl (C=O) groups is 3. The van der Waals surface area contributed by atoms with Crippen LogP contribution in [0.5, 0.6) is 11.5 Å². The molecule has 0 unspecified atom stereocenters. The van der Waals surface area contributed by atoms with Crippen molar-refractivity contribution < 1.29 is 37.2 Å². The SMILES string of the molecule is O=C(CN1C(=O)S/C(=C/c2ccc(Oc3ccc(C(F)(F)F)cc3[N+](=O)[O-])c(Br)c2)C1=O)Nc1cccc2ccccc12. The molecule has 1 heterocycles. The second-order valence-electron chi connectivity index (χ2n) is 9.07. The van der Waals surface area contributed by atoms with Gasteiger partial charge in [-0.3, -0.25) is 29.4 Å². The summed E-state index contributed by atoms with van der Waals surface area (Å²) in [5.74, 6) is -1.58. The molecule has 0 radical (unpaired) electrons. The van der Waals surface area contributed by atoms with Crippen molar-refractivity contribution in [3.05, 3.63) is 109 Å². The van der Waals surface area contributed by atoms with Gasteiger partial charge in [-0.1, -0.05) is 42.5 Å². The molecule has 0 saturated carbocycles. The standard InChI is InChI=1S/C29H17BrF3N3O6S/c30-20-12-16(8-10-23(20)42-24-11-9-18(29(31,32)33)14-22(24)36(40)41)13-25-27(38)35(28(39)43-25)15-26(37)34-21-7-3-5-17-4-1-2-6-19(17)21/h1-14H,15H2,(H,34,37)/b25-13+. The van der Waals surface area contributed by atoms with Crippen molar-refractivity contribution in [3.63, 3.8) is 0 Å². The molecule has 9 nitrogen and oxygen atoms in total. The number of nitrogens with zero attached hydrogens (tertiary/aromatic N) is 2. The lowest BCUT2D eigenvalue weighted by Gasteiger charge is -2.13. The molecular formula is C29H17BrF3N3O6S. The third-order valence-electron chi connectivity index (χ3n) is 6.20. The van der Waals surface area contributed by atoms with Crippen molar-refractivity contribution in [2.45, 2.75) is 6.18 Å². The van der Waals surface area contributed by atoms with E-state index in [4.69, 9.17) is 4.74 Å². The number of carbonyl (C=O) groups excluding carboxylic acids is 3. The third kappa shape index (κ3) is 6.54. The molecule has 0 atom stereocenters. The summed E-state index contributed by atoms with van der Waals surface area (Å²) in [6.45, 7) is -0.492. The summed E-state index contributed by atoms with van der Waals surface area (Å²) in [5.41, 5.74) is -1.09. The zero-order valence-electron chi connectivity index (χ0n) is 21.6. The normalized spacial score (nSPS) is 14.4. The van der Waals surface area contributed by atoms with Gasteiger partial charge in [0.2, 0.25) is 11.7 Å². The van der Waals surface area contributed by atoms with Gasteiger partial charge in [0.25, 0.3) is 11.1 Å². The summed E-state index contributed by atoms with van der Waals surface area (Å²) in [7, 11) is 0. The minimum atomic E-state index is -4.77. The van der Waals surface area contributed by atoms with E-state index in [1.165, 1.54) is 24.3 Å². The Morgan fingerprint density at radius 2 is 1.74 bits per heavy atom. The number of nitrogens with one attached hydrogen (secondary N) is 1. The summed E-state index contributed by atoms with van der Waals surface area (Å²) in [6, 6.07) is 19.1. The van der Waals surface area contributed by atoms with E-state index in [0.717, 1.165) is 21.7 Å². The van der Waals surface area contributed by atoms with Crippen LogP contribution in [0.25, 0.3) is 16.8 Å². The van der Waals surface area contributed by atoms with E-state index in [2.05, 4.69) is 21.2 Å². The summed E-state index contributed by atoms with van der Waals surface area (Å²) in [4.78, 5) is 49.5. The van der Waals surface area contributed by atoms with E-state index in [1.807, 2.05) is 30.3 Å². The average molecular weight is 672 g/mol. The fourth-order valence-corrected chi connectivity index (χ4v) is 5.50. The molecule has 4 aromatic rings. The first kappa shape index (κ1) is 29.8. The number of fused-ring (bicyclic) bond motifs is 1. The fourth-order valence-electron chi connectivity index (χ4n) is 4.19. The summed E-state index contributed by atoms with van der Waals surface area (Å²) in [6.07, 6.45) is -3.35. The van der Waals surface area contributed by atoms with Gasteiger partial charge < -0.3 is 10.1 Å². The Kier molecular flexibility index (Phi) is 8.24. The van der Waals surface area contributed by atoms with Crippen LogP contribution in [0.3, 0.4) is 0 Å². The van der Waals surface area contributed by atoms with E-state index in [0.29, 0.717) is 35.1 Å². The topological polar surface area (TPSA) is 119 Å². The van der Waals surface area contributed by atoms with Crippen LogP contribution in [-0.2, 0) is 15.8 Å². The molecule has 1 saturated heterocycles. The van der Waals surface area contributed by atoms with Gasteiger partial charge in [-0.05, 0) is 75.0 Å². The third-order valence-corrected chi connectivity index (χ3v) is 7.72. The van der Waals surface area contributed by atoms with E-state index >= 15 is 0 Å². The molecule has 43 heavy (non-hydrogen) atoms. The van der Waals surface area contributed by atoms with Gasteiger partial charge in [0.05, 0.1) is 19.9 Å². The van der Waals surface area contributed by atoms with Crippen molar-refractivity contribution in [2.24, 2.45) is 0 Å². The number of halogens is 4. The molecule has 0 aliphatic carbocycles. The zero-order valence-corrected chi connectivity index (χ0v) is 24.0. The highest BCUT2D eigenvalue weighted by atomic mass is 79.9. The van der Waals surface area contributed by atoms with Gasteiger partial charge >= 0.3 is 11.9 Å². The number of amides is 3. The number of thioether (sulfide) groups is 1. The Balaban J connectivity index is 1.29. The lowest BCUT2D eigenvalue weighted by molar-refractivity contribution is -0.385. The first-order chi connectivity index (χ1) is 20.4. The van der Waals surface area contributed by atoms with Crippen molar-refractivity contribution in [2.75, 3.05) is 11.9 Å². The minimum absolute atomic E-state index is 0.0539. The number of imide groups is 1. The Labute approximate surface area is 253 Å². The van der Waals surface area contributed by atoms with E-state index in [1.54, 1.807) is 12.1 Å². The molecule has 1 fully saturated rings. The van der Waals surface area contributed by atoms with Crippen LogP contribution in [0.2, 0.25) is 0 Å². The van der Waals surface area contributed by atoms with Crippen LogP contribution in [-0.4, -0.2) is 33.4 Å². The second kappa shape index (κ2) is 11.9. The highest BCUT2D eigenvalue weighted by Gasteiger charge is 2.36. The number of hydrogen-bond acceptors (Lipinski definition) is 7. The van der Waals surface area contributed by atoms with Gasteiger partial charge in [0.15, 0.2) is 0 Å². The van der Waals surface area contributed by atoms with Crippen molar-refractivity contribution in [1.29, 1.82) is 0 Å². The van der Waals surface area contributed by atoms with Crippen LogP contribution in [0, 0.1) is 10.1 Å². The minimum Gasteiger partial charge on any atom is -0.449 e. The Morgan fingerprint density at radius 1 is 1.02 bits per heavy atom. The Hall–Kier alpha value is -4.69. The largest absolute Gasteiger partial charge is 0.449 e. The predicted octanol–water partition coefficient (Wildman–Crippen LogP) is 8.00. The molecule has 0 bridgehead atoms. The average Bonchev–Trinajstić information content (AvgIpc) is 3.21. The highest BCUT2D eigenvalue weighted by molar-refractivity contribution is 9.10. The molecule has 1 aliphatic rings. The monoisotopic (exact) mass is 671 g/mol. The molecule has 1 N–H and O–H groups in total. The number of ether oxygens (including phenoxy) is 1. The highest BCUT2D eigenvalue weighted by Crippen LogP contribution is 2.40. The molecular weight excluding hydrogens is 655 g/mol. The van der Waals surface area contributed by atoms with Gasteiger partial charge in [-0.15, -0.1) is 0 Å². The second-order valence-corrected chi connectivity index (χ2v) is 10.9. The van der Waals surface area contributed by atoms with Crippen LogP contribution in [0.1, 0.15) is 11.1 Å². The quantitative estimate of drug-likeness (QED) is 0.120.